The molecule has 3 nitrogen and oxygen atoms in total. The van der Waals surface area contributed by atoms with E-state index in [9.17, 15) is 0 Å². The number of piperazine rings is 1. The van der Waals surface area contributed by atoms with Gasteiger partial charge < -0.3 is 14.5 Å². The highest BCUT2D eigenvalue weighted by Gasteiger charge is 2.16. The van der Waals surface area contributed by atoms with E-state index in [4.69, 9.17) is 4.74 Å². The summed E-state index contributed by atoms with van der Waals surface area (Å²) in [5.74, 6) is 0.927. The molecular weight excluding hydrogens is 388 g/mol. The van der Waals surface area contributed by atoms with Gasteiger partial charge in [-0.05, 0) is 47.6 Å². The molecule has 0 saturated carbocycles. The van der Waals surface area contributed by atoms with Gasteiger partial charge in [0.1, 0.15) is 12.4 Å². The Bertz CT molecular complexity index is 1130. The van der Waals surface area contributed by atoms with E-state index in [0.29, 0.717) is 6.61 Å². The van der Waals surface area contributed by atoms with Crippen LogP contribution < -0.4 is 9.64 Å². The first kappa shape index (κ1) is 19.2. The fourth-order valence-corrected chi connectivity index (χ4v) is 4.93. The summed E-state index contributed by atoms with van der Waals surface area (Å²) in [4.78, 5) is 6.17. The van der Waals surface area contributed by atoms with Gasteiger partial charge in [-0.25, -0.2) is 0 Å². The number of thiophene rings is 1. The third kappa shape index (κ3) is 4.07. The zero-order chi connectivity index (χ0) is 20.3. The summed E-state index contributed by atoms with van der Waals surface area (Å²) in [6, 6.07) is 25.8. The predicted molar refractivity (Wildman–Crippen MR) is 128 cm³/mol. The van der Waals surface area contributed by atoms with E-state index in [1.165, 1.54) is 32.5 Å². The lowest BCUT2D eigenvalue weighted by Gasteiger charge is -2.34. The van der Waals surface area contributed by atoms with Crippen LogP contribution in [0.3, 0.4) is 0 Å². The molecule has 0 spiro atoms. The molecular formula is C26H26N2OS. The monoisotopic (exact) mass is 414 g/mol. The molecule has 1 aliphatic heterocycles. The Morgan fingerprint density at radius 1 is 0.867 bits per heavy atom. The number of ether oxygens (including phenoxy) is 1. The molecule has 30 heavy (non-hydrogen) atoms. The molecule has 2 heterocycles. The number of likely N-dealkylation sites (N-methyl/N-ethyl adjacent to an activating group) is 1. The van der Waals surface area contributed by atoms with Gasteiger partial charge in [-0.15, -0.1) is 11.3 Å². The molecule has 0 atom stereocenters. The Labute approximate surface area is 182 Å². The maximum absolute atomic E-state index is 6.19. The molecule has 152 valence electrons. The average molecular weight is 415 g/mol. The first-order valence-electron chi connectivity index (χ1n) is 10.5. The largest absolute Gasteiger partial charge is 0.489 e. The number of nitrogens with zero attached hydrogens (tertiary/aromatic N) is 2. The highest BCUT2D eigenvalue weighted by atomic mass is 32.1. The van der Waals surface area contributed by atoms with Crippen LogP contribution in [0.15, 0.2) is 78.2 Å². The molecule has 0 bridgehead atoms. The normalized spacial score (nSPS) is 14.9. The minimum Gasteiger partial charge on any atom is -0.489 e. The minimum absolute atomic E-state index is 0.589. The van der Waals surface area contributed by atoms with Crippen molar-refractivity contribution in [2.75, 3.05) is 38.1 Å². The second-order valence-corrected chi connectivity index (χ2v) is 8.84. The molecule has 3 aromatic carbocycles. The van der Waals surface area contributed by atoms with E-state index < -0.39 is 0 Å². The van der Waals surface area contributed by atoms with Crippen LogP contribution in [0.2, 0.25) is 0 Å². The highest BCUT2D eigenvalue weighted by molar-refractivity contribution is 7.13. The van der Waals surface area contributed by atoms with Gasteiger partial charge >= 0.3 is 0 Å². The molecule has 0 aliphatic carbocycles. The van der Waals surface area contributed by atoms with Crippen LogP contribution in [0.5, 0.6) is 5.75 Å². The fraction of sp³-hybridized carbons (Fsp3) is 0.231. The van der Waals surface area contributed by atoms with Gasteiger partial charge in [0, 0.05) is 47.7 Å². The van der Waals surface area contributed by atoms with Gasteiger partial charge in [0.05, 0.1) is 0 Å². The smallest absolute Gasteiger partial charge is 0.120 e. The Morgan fingerprint density at radius 2 is 1.70 bits per heavy atom. The van der Waals surface area contributed by atoms with Crippen molar-refractivity contribution in [1.82, 2.24) is 4.90 Å². The Hall–Kier alpha value is -2.82. The van der Waals surface area contributed by atoms with Gasteiger partial charge in [0.25, 0.3) is 0 Å². The third-order valence-electron chi connectivity index (χ3n) is 5.79. The van der Waals surface area contributed by atoms with E-state index in [1.807, 2.05) is 0 Å². The van der Waals surface area contributed by atoms with Gasteiger partial charge in [0.2, 0.25) is 0 Å². The van der Waals surface area contributed by atoms with E-state index in [2.05, 4.69) is 95.0 Å². The van der Waals surface area contributed by atoms with Gasteiger partial charge in [-0.2, -0.15) is 0 Å². The first-order valence-corrected chi connectivity index (χ1v) is 11.4. The van der Waals surface area contributed by atoms with E-state index >= 15 is 0 Å². The second kappa shape index (κ2) is 8.50. The first-order chi connectivity index (χ1) is 14.8. The number of hydrogen-bond donors (Lipinski definition) is 0. The van der Waals surface area contributed by atoms with Crippen molar-refractivity contribution in [1.29, 1.82) is 0 Å². The number of benzene rings is 3. The molecule has 1 aliphatic rings. The minimum atomic E-state index is 0.589. The quantitative estimate of drug-likeness (QED) is 0.404. The zero-order valence-electron chi connectivity index (χ0n) is 17.3. The van der Waals surface area contributed by atoms with Crippen molar-refractivity contribution in [3.8, 4) is 16.2 Å². The van der Waals surface area contributed by atoms with Crippen molar-refractivity contribution in [3.05, 3.63) is 83.7 Å². The third-order valence-corrected chi connectivity index (χ3v) is 6.82. The number of anilines is 1. The van der Waals surface area contributed by atoms with Crippen LogP contribution in [-0.2, 0) is 6.61 Å². The number of hydrogen-bond acceptors (Lipinski definition) is 4. The molecule has 0 amide bonds. The van der Waals surface area contributed by atoms with Crippen LogP contribution in [0.25, 0.3) is 21.2 Å². The Balaban J connectivity index is 1.34. The summed E-state index contributed by atoms with van der Waals surface area (Å²) in [6.45, 7) is 4.93. The molecule has 1 saturated heterocycles. The maximum Gasteiger partial charge on any atom is 0.120 e. The highest BCUT2D eigenvalue weighted by Crippen LogP contribution is 2.32. The summed E-state index contributed by atoms with van der Waals surface area (Å²) in [7, 11) is 2.19. The van der Waals surface area contributed by atoms with Crippen molar-refractivity contribution < 1.29 is 4.74 Å². The lowest BCUT2D eigenvalue weighted by atomic mass is 10.1. The van der Waals surface area contributed by atoms with E-state index in [-0.39, 0.29) is 0 Å². The summed E-state index contributed by atoms with van der Waals surface area (Å²) in [5, 5.41) is 4.73. The SMILES string of the molecule is CN1CCN(c2cccc3ccc(OCc4csc(-c5ccccc5)c4)cc23)CC1. The molecule has 0 unspecified atom stereocenters. The molecule has 4 aromatic rings. The summed E-state index contributed by atoms with van der Waals surface area (Å²) < 4.78 is 6.19. The molecule has 1 aromatic heterocycles. The molecule has 0 radical (unpaired) electrons. The molecule has 5 rings (SSSR count). The van der Waals surface area contributed by atoms with Crippen molar-refractivity contribution in [3.63, 3.8) is 0 Å². The van der Waals surface area contributed by atoms with Gasteiger partial charge in [-0.3, -0.25) is 0 Å². The van der Waals surface area contributed by atoms with Gasteiger partial charge in [-0.1, -0.05) is 48.5 Å². The van der Waals surface area contributed by atoms with E-state index in [1.54, 1.807) is 11.3 Å². The van der Waals surface area contributed by atoms with Crippen molar-refractivity contribution >= 4 is 27.8 Å². The Kier molecular flexibility index (Phi) is 5.43. The lowest BCUT2D eigenvalue weighted by Crippen LogP contribution is -2.44. The number of rotatable bonds is 5. The predicted octanol–water partition coefficient (Wildman–Crippen LogP) is 5.90. The van der Waals surface area contributed by atoms with Crippen LogP contribution in [0.1, 0.15) is 5.56 Å². The van der Waals surface area contributed by atoms with Crippen molar-refractivity contribution in [2.24, 2.45) is 0 Å². The lowest BCUT2D eigenvalue weighted by molar-refractivity contribution is 0.307. The Morgan fingerprint density at radius 3 is 2.53 bits per heavy atom. The maximum atomic E-state index is 6.19. The standard InChI is InChI=1S/C26H26N2OS/c1-27-12-14-28(15-13-27)25-9-5-8-21-10-11-23(17-24(21)25)29-18-20-16-26(30-19-20)22-6-3-2-4-7-22/h2-11,16-17,19H,12-15,18H2,1H3. The number of fused-ring (bicyclic) bond motifs is 1. The second-order valence-electron chi connectivity index (χ2n) is 7.92. The van der Waals surface area contributed by atoms with Crippen LogP contribution in [0, 0.1) is 0 Å². The summed E-state index contributed by atoms with van der Waals surface area (Å²) >= 11 is 1.77. The van der Waals surface area contributed by atoms with Crippen LogP contribution >= 0.6 is 11.3 Å². The molecule has 0 N–H and O–H groups in total. The molecule has 4 heteroatoms. The van der Waals surface area contributed by atoms with Crippen LogP contribution in [-0.4, -0.2) is 38.1 Å². The van der Waals surface area contributed by atoms with E-state index in [0.717, 1.165) is 31.9 Å². The summed E-state index contributed by atoms with van der Waals surface area (Å²) in [5.41, 5.74) is 3.79. The molecule has 1 fully saturated rings. The van der Waals surface area contributed by atoms with Crippen LogP contribution in [0.4, 0.5) is 5.69 Å². The van der Waals surface area contributed by atoms with Gasteiger partial charge in [0.15, 0.2) is 0 Å². The summed E-state index contributed by atoms with van der Waals surface area (Å²) in [6.07, 6.45) is 0. The topological polar surface area (TPSA) is 15.7 Å². The average Bonchev–Trinajstić information content (AvgIpc) is 3.28. The zero-order valence-corrected chi connectivity index (χ0v) is 18.1. The van der Waals surface area contributed by atoms with Crippen molar-refractivity contribution in [2.45, 2.75) is 6.61 Å². The fourth-order valence-electron chi connectivity index (χ4n) is 4.02.